The van der Waals surface area contributed by atoms with Crippen LogP contribution in [-0.4, -0.2) is 4.57 Å². The number of benzene rings is 11. The van der Waals surface area contributed by atoms with Crippen LogP contribution in [0, 0.1) is 0 Å². The lowest BCUT2D eigenvalue weighted by Crippen LogP contribution is -2.28. The van der Waals surface area contributed by atoms with Gasteiger partial charge in [0, 0.05) is 33.5 Å². The number of hydrogen-bond acceptors (Lipinski definition) is 1. The average molecular weight is 879 g/mol. The molecule has 0 N–H and O–H groups in total. The van der Waals surface area contributed by atoms with Crippen molar-refractivity contribution in [2.45, 2.75) is 5.41 Å². The molecule has 1 aliphatic rings. The van der Waals surface area contributed by atoms with Crippen molar-refractivity contribution in [3.8, 4) is 50.2 Å². The summed E-state index contributed by atoms with van der Waals surface area (Å²) in [5, 5.41) is 2.43. The highest BCUT2D eigenvalue weighted by molar-refractivity contribution is 6.11. The molecule has 0 saturated carbocycles. The zero-order chi connectivity index (χ0) is 45.7. The van der Waals surface area contributed by atoms with Crippen LogP contribution in [0.25, 0.3) is 72.0 Å². The van der Waals surface area contributed by atoms with Gasteiger partial charge in [0.1, 0.15) is 0 Å². The summed E-state index contributed by atoms with van der Waals surface area (Å²) in [4.78, 5) is 2.40. The maximum absolute atomic E-state index is 2.50. The second-order valence-electron chi connectivity index (χ2n) is 18.0. The molecule has 11 aromatic carbocycles. The molecule has 12 aromatic rings. The zero-order valence-electron chi connectivity index (χ0n) is 38.0. The second-order valence-corrected chi connectivity index (χ2v) is 18.0. The molecule has 0 saturated heterocycles. The molecule has 69 heavy (non-hydrogen) atoms. The van der Waals surface area contributed by atoms with Gasteiger partial charge in [-0.2, -0.15) is 0 Å². The SMILES string of the molecule is c1ccc(-c2ccc(N(c3ccc(-c4cc5c(cc4-c4ccccc4)-c4ccccc4C5(c4ccccc4)c4ccccc4)cc3)c3ccc4c(c3)c3ccccc3n4-c3ccccc3)cc2)cc1. The number of anilines is 3. The Kier molecular flexibility index (Phi) is 9.77. The van der Waals surface area contributed by atoms with Gasteiger partial charge >= 0.3 is 0 Å². The molecule has 0 radical (unpaired) electrons. The summed E-state index contributed by atoms with van der Waals surface area (Å²) in [6.07, 6.45) is 0. The highest BCUT2D eigenvalue weighted by Gasteiger charge is 2.46. The van der Waals surface area contributed by atoms with E-state index in [4.69, 9.17) is 0 Å². The molecule has 0 spiro atoms. The molecule has 0 amide bonds. The first-order valence-electron chi connectivity index (χ1n) is 23.8. The number of aromatic nitrogens is 1. The maximum atomic E-state index is 2.50. The van der Waals surface area contributed by atoms with Crippen molar-refractivity contribution in [2.75, 3.05) is 4.90 Å². The lowest BCUT2D eigenvalue weighted by atomic mass is 9.67. The zero-order valence-corrected chi connectivity index (χ0v) is 38.0. The molecule has 1 aliphatic carbocycles. The van der Waals surface area contributed by atoms with E-state index in [-0.39, 0.29) is 0 Å². The van der Waals surface area contributed by atoms with Crippen molar-refractivity contribution in [2.24, 2.45) is 0 Å². The van der Waals surface area contributed by atoms with Crippen molar-refractivity contribution in [3.05, 3.63) is 301 Å². The van der Waals surface area contributed by atoms with Crippen LogP contribution in [0.1, 0.15) is 22.3 Å². The molecule has 0 aliphatic heterocycles. The fourth-order valence-corrected chi connectivity index (χ4v) is 11.2. The maximum Gasteiger partial charge on any atom is 0.0713 e. The van der Waals surface area contributed by atoms with E-state index in [1.807, 2.05) is 0 Å². The highest BCUT2D eigenvalue weighted by Crippen LogP contribution is 2.58. The molecule has 0 bridgehead atoms. The van der Waals surface area contributed by atoms with Crippen LogP contribution >= 0.6 is 0 Å². The van der Waals surface area contributed by atoms with Gasteiger partial charge < -0.3 is 9.47 Å². The van der Waals surface area contributed by atoms with Gasteiger partial charge in [0.2, 0.25) is 0 Å². The topological polar surface area (TPSA) is 8.17 Å². The quantitative estimate of drug-likeness (QED) is 0.140. The van der Waals surface area contributed by atoms with E-state index in [0.717, 1.165) is 28.3 Å². The summed E-state index contributed by atoms with van der Waals surface area (Å²) in [6.45, 7) is 0. The van der Waals surface area contributed by atoms with Gasteiger partial charge in [-0.3, -0.25) is 0 Å². The van der Waals surface area contributed by atoms with E-state index < -0.39 is 5.41 Å². The van der Waals surface area contributed by atoms with E-state index in [1.165, 1.54) is 83.0 Å². The van der Waals surface area contributed by atoms with Crippen molar-refractivity contribution in [1.29, 1.82) is 0 Å². The van der Waals surface area contributed by atoms with Crippen LogP contribution in [-0.2, 0) is 5.41 Å². The first-order chi connectivity index (χ1) is 34.2. The molecule has 0 unspecified atom stereocenters. The van der Waals surface area contributed by atoms with Crippen molar-refractivity contribution in [3.63, 3.8) is 0 Å². The Labute approximate surface area is 403 Å². The predicted molar refractivity (Wildman–Crippen MR) is 289 cm³/mol. The van der Waals surface area contributed by atoms with Gasteiger partial charge in [0.05, 0.1) is 16.4 Å². The fraction of sp³-hybridized carbons (Fsp3) is 0.0149. The molecule has 0 atom stereocenters. The van der Waals surface area contributed by atoms with E-state index in [0.29, 0.717) is 0 Å². The standard InChI is InChI=1S/C67H46N2/c1-6-20-47(21-7-1)48-34-38-54(39-35-48)68(56-42-43-66-62(44-56)58-31-17-19-33-65(58)69(66)53-28-14-5-15-29-53)55-40-36-50(37-41-55)60-46-64-61(45-59(60)49-22-8-2-9-23-49)57-30-16-18-32-63(57)67(64,51-24-10-3-11-25-51)52-26-12-4-13-27-52/h1-46H. The summed E-state index contributed by atoms with van der Waals surface area (Å²) in [5.41, 5.74) is 21.1. The monoisotopic (exact) mass is 878 g/mol. The normalized spacial score (nSPS) is 12.5. The number of hydrogen-bond donors (Lipinski definition) is 0. The van der Waals surface area contributed by atoms with Gasteiger partial charge in [0.25, 0.3) is 0 Å². The van der Waals surface area contributed by atoms with E-state index >= 15 is 0 Å². The third-order valence-corrected chi connectivity index (χ3v) is 14.3. The molecular formula is C67H46N2. The highest BCUT2D eigenvalue weighted by atomic mass is 15.1. The van der Waals surface area contributed by atoms with Crippen LogP contribution in [0.3, 0.4) is 0 Å². The summed E-state index contributed by atoms with van der Waals surface area (Å²) in [7, 11) is 0. The summed E-state index contributed by atoms with van der Waals surface area (Å²) in [5.74, 6) is 0. The molecular weight excluding hydrogens is 833 g/mol. The van der Waals surface area contributed by atoms with Crippen LogP contribution < -0.4 is 4.90 Å². The van der Waals surface area contributed by atoms with Gasteiger partial charge in [-0.05, 0) is 140 Å². The van der Waals surface area contributed by atoms with E-state index in [2.05, 4.69) is 289 Å². The second kappa shape index (κ2) is 16.7. The minimum absolute atomic E-state index is 0.511. The number of nitrogens with zero attached hydrogens (tertiary/aromatic N) is 2. The van der Waals surface area contributed by atoms with Gasteiger partial charge in [-0.25, -0.2) is 0 Å². The molecule has 0 fully saturated rings. The minimum atomic E-state index is -0.511. The third-order valence-electron chi connectivity index (χ3n) is 14.3. The van der Waals surface area contributed by atoms with Gasteiger partial charge in [-0.1, -0.05) is 206 Å². The Hall–Kier alpha value is -8.98. The Morgan fingerprint density at radius 2 is 0.739 bits per heavy atom. The summed E-state index contributed by atoms with van der Waals surface area (Å²) >= 11 is 0. The first-order valence-corrected chi connectivity index (χ1v) is 23.8. The smallest absolute Gasteiger partial charge is 0.0713 e. The van der Waals surface area contributed by atoms with Crippen molar-refractivity contribution >= 4 is 38.9 Å². The molecule has 13 rings (SSSR count). The molecule has 2 nitrogen and oxygen atoms in total. The van der Waals surface area contributed by atoms with E-state index in [1.54, 1.807) is 0 Å². The Morgan fingerprint density at radius 1 is 0.275 bits per heavy atom. The lowest BCUT2D eigenvalue weighted by Gasteiger charge is -2.34. The fourth-order valence-electron chi connectivity index (χ4n) is 11.2. The van der Waals surface area contributed by atoms with Crippen molar-refractivity contribution < 1.29 is 0 Å². The number of fused-ring (bicyclic) bond motifs is 6. The number of rotatable bonds is 9. The Balaban J connectivity index is 1.00. The van der Waals surface area contributed by atoms with Crippen LogP contribution in [0.4, 0.5) is 17.1 Å². The molecule has 2 heteroatoms. The Bertz CT molecular complexity index is 3750. The number of para-hydroxylation sites is 2. The van der Waals surface area contributed by atoms with Gasteiger partial charge in [0.15, 0.2) is 0 Å². The first kappa shape index (κ1) is 40.3. The molecule has 324 valence electrons. The third kappa shape index (κ3) is 6.64. The largest absolute Gasteiger partial charge is 0.310 e. The van der Waals surface area contributed by atoms with Crippen LogP contribution in [0.2, 0.25) is 0 Å². The summed E-state index contributed by atoms with van der Waals surface area (Å²) < 4.78 is 2.38. The Morgan fingerprint density at radius 3 is 1.39 bits per heavy atom. The van der Waals surface area contributed by atoms with Crippen molar-refractivity contribution in [1.82, 2.24) is 4.57 Å². The summed E-state index contributed by atoms with van der Waals surface area (Å²) in [6, 6.07) is 102. The predicted octanol–water partition coefficient (Wildman–Crippen LogP) is 17.6. The van der Waals surface area contributed by atoms with E-state index in [9.17, 15) is 0 Å². The van der Waals surface area contributed by atoms with Crippen LogP contribution in [0.5, 0.6) is 0 Å². The molecule has 1 heterocycles. The van der Waals surface area contributed by atoms with Gasteiger partial charge in [-0.15, -0.1) is 0 Å². The minimum Gasteiger partial charge on any atom is -0.310 e. The van der Waals surface area contributed by atoms with Crippen LogP contribution in [0.15, 0.2) is 279 Å². The average Bonchev–Trinajstić information content (AvgIpc) is 3.92. The molecule has 1 aromatic heterocycles. The lowest BCUT2D eigenvalue weighted by molar-refractivity contribution is 0.769.